The van der Waals surface area contributed by atoms with Crippen molar-refractivity contribution >= 4 is 15.1 Å². The van der Waals surface area contributed by atoms with Crippen molar-refractivity contribution in [2.75, 3.05) is 7.05 Å². The molecule has 72 valence electrons. The molecule has 0 aromatic heterocycles. The lowest BCUT2D eigenvalue weighted by Gasteiger charge is -2.19. The van der Waals surface area contributed by atoms with Gasteiger partial charge in [0.25, 0.3) is 10.0 Å². The highest BCUT2D eigenvalue weighted by atomic mass is 32.2. The van der Waals surface area contributed by atoms with E-state index in [4.69, 9.17) is 0 Å². The molecule has 0 bridgehead atoms. The molecule has 0 aromatic rings. The number of hydrogen-bond acceptors (Lipinski definition) is 3. The molecule has 12 heavy (non-hydrogen) atoms. The van der Waals surface area contributed by atoms with E-state index in [9.17, 15) is 8.42 Å². The van der Waals surface area contributed by atoms with E-state index in [1.54, 1.807) is 20.8 Å². The summed E-state index contributed by atoms with van der Waals surface area (Å²) >= 11 is 0. The number of nitrogens with zero attached hydrogens (tertiary/aromatic N) is 1. The Bertz CT molecular complexity index is 272. The fourth-order valence-electron chi connectivity index (χ4n) is 0.597. The van der Waals surface area contributed by atoms with Crippen molar-refractivity contribution in [3.63, 3.8) is 0 Å². The van der Waals surface area contributed by atoms with Crippen LogP contribution in [0.25, 0.3) is 0 Å². The molecule has 0 spiro atoms. The molecule has 0 aliphatic carbocycles. The Morgan fingerprint density at radius 3 is 2.00 bits per heavy atom. The summed E-state index contributed by atoms with van der Waals surface area (Å²) in [6, 6.07) is 0. The number of rotatable bonds is 1. The molecule has 0 unspecified atom stereocenters. The fraction of sp³-hybridized carbons (Fsp3) is 0.857. The predicted molar refractivity (Wildman–Crippen MR) is 50.8 cm³/mol. The summed E-state index contributed by atoms with van der Waals surface area (Å²) < 4.78 is 25.2. The van der Waals surface area contributed by atoms with Crippen molar-refractivity contribution in [2.24, 2.45) is 4.99 Å². The summed E-state index contributed by atoms with van der Waals surface area (Å²) in [5, 5.41) is 0.109. The molecule has 0 saturated carbocycles. The molecule has 1 N–H and O–H groups in total. The predicted octanol–water partition coefficient (Wildman–Crippen LogP) is 0.752. The quantitative estimate of drug-likeness (QED) is 0.492. The summed E-state index contributed by atoms with van der Waals surface area (Å²) in [6.45, 7) is 6.82. The average molecular weight is 192 g/mol. The molecule has 0 radical (unpaired) electrons. The Morgan fingerprint density at radius 1 is 1.33 bits per heavy atom. The van der Waals surface area contributed by atoms with Gasteiger partial charge in [0.2, 0.25) is 0 Å². The lowest BCUT2D eigenvalue weighted by atomic mass is 10.1. The highest BCUT2D eigenvalue weighted by molar-refractivity contribution is 8.04. The van der Waals surface area contributed by atoms with Crippen LogP contribution in [0.1, 0.15) is 27.7 Å². The molecule has 0 aromatic carbocycles. The molecule has 5 heteroatoms. The molecule has 0 saturated heterocycles. The van der Waals surface area contributed by atoms with E-state index in [1.807, 2.05) is 0 Å². The summed E-state index contributed by atoms with van der Waals surface area (Å²) in [7, 11) is -1.91. The van der Waals surface area contributed by atoms with Crippen LogP contribution >= 0.6 is 0 Å². The van der Waals surface area contributed by atoms with Crippen molar-refractivity contribution in [2.45, 2.75) is 33.2 Å². The lowest BCUT2D eigenvalue weighted by Crippen LogP contribution is -2.43. The van der Waals surface area contributed by atoms with Gasteiger partial charge in [-0.25, -0.2) is 13.1 Å². The Labute approximate surface area is 74.1 Å². The molecule has 0 atom stereocenters. The maximum absolute atomic E-state index is 11.3. The van der Waals surface area contributed by atoms with Gasteiger partial charge in [0.1, 0.15) is 5.04 Å². The topological polar surface area (TPSA) is 58.5 Å². The Hall–Kier alpha value is -0.420. The summed E-state index contributed by atoms with van der Waals surface area (Å²) in [5.41, 5.74) is -0.454. The molecular weight excluding hydrogens is 176 g/mol. The van der Waals surface area contributed by atoms with E-state index in [0.29, 0.717) is 0 Å². The van der Waals surface area contributed by atoms with Crippen LogP contribution < -0.4 is 4.72 Å². The molecule has 0 aliphatic rings. The lowest BCUT2D eigenvalue weighted by molar-refractivity contribution is 0.498. The Kier molecular flexibility index (Phi) is 3.41. The van der Waals surface area contributed by atoms with E-state index in [2.05, 4.69) is 9.71 Å². The third-order valence-electron chi connectivity index (χ3n) is 1.14. The van der Waals surface area contributed by atoms with E-state index >= 15 is 0 Å². The standard InChI is InChI=1S/C7H16N2O2S/c1-6(8-5)12(10,11)9-7(2,3)4/h9H,1-5H3. The van der Waals surface area contributed by atoms with Gasteiger partial charge in [0, 0.05) is 12.6 Å². The minimum absolute atomic E-state index is 0.109. The fourth-order valence-corrected chi connectivity index (χ4v) is 1.79. The summed E-state index contributed by atoms with van der Waals surface area (Å²) in [4.78, 5) is 3.61. The zero-order valence-corrected chi connectivity index (χ0v) is 8.99. The van der Waals surface area contributed by atoms with Crippen LogP contribution in [0.2, 0.25) is 0 Å². The molecule has 0 rings (SSSR count). The van der Waals surface area contributed by atoms with E-state index in [-0.39, 0.29) is 5.04 Å². The van der Waals surface area contributed by atoms with Crippen LogP contribution in [0.5, 0.6) is 0 Å². The zero-order chi connectivity index (χ0) is 9.99. The third-order valence-corrected chi connectivity index (χ3v) is 2.99. The van der Waals surface area contributed by atoms with Gasteiger partial charge in [-0.05, 0) is 27.7 Å². The maximum Gasteiger partial charge on any atom is 0.253 e. The SMILES string of the molecule is CN=C(C)S(=O)(=O)NC(C)(C)C. The van der Waals surface area contributed by atoms with Gasteiger partial charge < -0.3 is 0 Å². The maximum atomic E-state index is 11.3. The molecule has 0 amide bonds. The van der Waals surface area contributed by atoms with E-state index in [0.717, 1.165) is 0 Å². The minimum Gasteiger partial charge on any atom is -0.280 e. The molecule has 0 heterocycles. The van der Waals surface area contributed by atoms with Crippen molar-refractivity contribution in [1.82, 2.24) is 4.72 Å². The van der Waals surface area contributed by atoms with Gasteiger partial charge in [-0.15, -0.1) is 0 Å². The molecular formula is C7H16N2O2S. The van der Waals surface area contributed by atoms with Gasteiger partial charge in [0.05, 0.1) is 0 Å². The van der Waals surface area contributed by atoms with Crippen LogP contribution in [-0.2, 0) is 10.0 Å². The second kappa shape index (κ2) is 3.53. The molecule has 0 fully saturated rings. The van der Waals surface area contributed by atoms with Crippen molar-refractivity contribution in [3.05, 3.63) is 0 Å². The first-order chi connectivity index (χ1) is 5.19. The number of nitrogens with one attached hydrogen (secondary N) is 1. The van der Waals surface area contributed by atoms with Crippen LogP contribution in [0.4, 0.5) is 0 Å². The first kappa shape index (κ1) is 11.6. The van der Waals surface area contributed by atoms with Crippen LogP contribution in [0, 0.1) is 0 Å². The number of hydrogen-bond donors (Lipinski definition) is 1. The van der Waals surface area contributed by atoms with Gasteiger partial charge in [0.15, 0.2) is 0 Å². The second-order valence-electron chi connectivity index (χ2n) is 3.60. The van der Waals surface area contributed by atoms with Gasteiger partial charge >= 0.3 is 0 Å². The van der Waals surface area contributed by atoms with Crippen LogP contribution in [-0.4, -0.2) is 26.0 Å². The number of aliphatic imine (C=N–C) groups is 1. The van der Waals surface area contributed by atoms with Crippen LogP contribution in [0.3, 0.4) is 0 Å². The first-order valence-electron chi connectivity index (χ1n) is 3.66. The highest BCUT2D eigenvalue weighted by Gasteiger charge is 2.21. The summed E-state index contributed by atoms with van der Waals surface area (Å²) in [5.74, 6) is 0. The van der Waals surface area contributed by atoms with Gasteiger partial charge in [-0.3, -0.25) is 4.99 Å². The van der Waals surface area contributed by atoms with E-state index in [1.165, 1.54) is 14.0 Å². The molecule has 0 aliphatic heterocycles. The van der Waals surface area contributed by atoms with Crippen molar-refractivity contribution in [1.29, 1.82) is 0 Å². The van der Waals surface area contributed by atoms with Gasteiger partial charge in [-0.1, -0.05) is 0 Å². The third kappa shape index (κ3) is 3.82. The number of sulfonamides is 1. The zero-order valence-electron chi connectivity index (χ0n) is 8.17. The smallest absolute Gasteiger partial charge is 0.253 e. The molecule has 4 nitrogen and oxygen atoms in total. The van der Waals surface area contributed by atoms with E-state index < -0.39 is 15.6 Å². The van der Waals surface area contributed by atoms with Crippen molar-refractivity contribution < 1.29 is 8.42 Å². The van der Waals surface area contributed by atoms with Crippen LogP contribution in [0.15, 0.2) is 4.99 Å². The first-order valence-corrected chi connectivity index (χ1v) is 5.15. The highest BCUT2D eigenvalue weighted by Crippen LogP contribution is 2.03. The second-order valence-corrected chi connectivity index (χ2v) is 5.40. The van der Waals surface area contributed by atoms with Gasteiger partial charge in [-0.2, -0.15) is 0 Å². The Balaban J connectivity index is 4.70. The largest absolute Gasteiger partial charge is 0.280 e. The minimum atomic E-state index is -3.37. The normalized spacial score (nSPS) is 14.9. The monoisotopic (exact) mass is 192 g/mol. The van der Waals surface area contributed by atoms with Crippen molar-refractivity contribution in [3.8, 4) is 0 Å². The summed E-state index contributed by atoms with van der Waals surface area (Å²) in [6.07, 6.45) is 0. The average Bonchev–Trinajstić information content (AvgIpc) is 1.80. The Morgan fingerprint density at radius 2 is 1.75 bits per heavy atom.